The van der Waals surface area contributed by atoms with E-state index in [4.69, 9.17) is 0 Å². The van der Waals surface area contributed by atoms with Crippen LogP contribution in [-0.2, 0) is 11.2 Å². The minimum Gasteiger partial charge on any atom is -0.368 e. The lowest BCUT2D eigenvalue weighted by molar-refractivity contribution is -0.114. The van der Waals surface area contributed by atoms with Gasteiger partial charge in [0, 0.05) is 50.2 Å². The van der Waals surface area contributed by atoms with Gasteiger partial charge in [-0.1, -0.05) is 31.2 Å². The number of hydrogen-bond donors (Lipinski definition) is 2. The number of anilines is 3. The molecule has 1 saturated heterocycles. The van der Waals surface area contributed by atoms with Crippen molar-refractivity contribution in [3.05, 3.63) is 53.6 Å². The smallest absolute Gasteiger partial charge is 0.321 e. The van der Waals surface area contributed by atoms with Gasteiger partial charge in [0.2, 0.25) is 5.91 Å². The molecule has 2 aromatic rings. The summed E-state index contributed by atoms with van der Waals surface area (Å²) >= 11 is 0. The molecule has 28 heavy (non-hydrogen) atoms. The highest BCUT2D eigenvalue weighted by Crippen LogP contribution is 2.23. The van der Waals surface area contributed by atoms with Gasteiger partial charge in [0.1, 0.15) is 0 Å². The molecular formula is C22H28N4O2. The van der Waals surface area contributed by atoms with Gasteiger partial charge in [-0.25, -0.2) is 4.79 Å². The Balaban J connectivity index is 1.61. The molecule has 0 bridgehead atoms. The van der Waals surface area contributed by atoms with E-state index in [0.29, 0.717) is 13.1 Å². The fourth-order valence-corrected chi connectivity index (χ4v) is 3.54. The van der Waals surface area contributed by atoms with Crippen LogP contribution in [0.15, 0.2) is 42.5 Å². The quantitative estimate of drug-likeness (QED) is 0.846. The molecule has 3 amide bonds. The van der Waals surface area contributed by atoms with Gasteiger partial charge in [-0.3, -0.25) is 4.79 Å². The number of hydrogen-bond acceptors (Lipinski definition) is 3. The van der Waals surface area contributed by atoms with Crippen LogP contribution < -0.4 is 15.5 Å². The van der Waals surface area contributed by atoms with E-state index in [1.54, 1.807) is 0 Å². The fourth-order valence-electron chi connectivity index (χ4n) is 3.54. The Kier molecular flexibility index (Phi) is 6.19. The van der Waals surface area contributed by atoms with Crippen LogP contribution in [0, 0.1) is 6.92 Å². The van der Waals surface area contributed by atoms with Crippen LogP contribution >= 0.6 is 0 Å². The van der Waals surface area contributed by atoms with E-state index in [1.807, 2.05) is 48.2 Å². The number of urea groups is 1. The number of nitrogens with zero attached hydrogens (tertiary/aromatic N) is 2. The molecule has 0 saturated carbocycles. The first-order chi connectivity index (χ1) is 13.5. The van der Waals surface area contributed by atoms with Crippen LogP contribution in [-0.4, -0.2) is 43.0 Å². The van der Waals surface area contributed by atoms with Gasteiger partial charge >= 0.3 is 6.03 Å². The standard InChI is InChI=1S/C22H28N4O2/c1-4-18-8-5-7-16(2)21(18)24-22(28)26-13-11-25(12-14-26)20-10-6-9-19(15-20)23-17(3)27/h5-10,15H,4,11-14H2,1-3H3,(H,23,27)(H,24,28). The molecule has 6 heteroatoms. The Morgan fingerprint density at radius 2 is 1.71 bits per heavy atom. The van der Waals surface area contributed by atoms with Crippen molar-refractivity contribution >= 4 is 29.0 Å². The van der Waals surface area contributed by atoms with Gasteiger partial charge in [-0.05, 0) is 42.7 Å². The summed E-state index contributed by atoms with van der Waals surface area (Å²) < 4.78 is 0. The Bertz CT molecular complexity index is 857. The Morgan fingerprint density at radius 3 is 2.39 bits per heavy atom. The molecule has 1 aliphatic rings. The molecule has 1 heterocycles. The van der Waals surface area contributed by atoms with Crippen molar-refractivity contribution in [2.45, 2.75) is 27.2 Å². The number of piperazine rings is 1. The summed E-state index contributed by atoms with van der Waals surface area (Å²) in [7, 11) is 0. The van der Waals surface area contributed by atoms with Crippen molar-refractivity contribution in [1.82, 2.24) is 4.90 Å². The van der Waals surface area contributed by atoms with Gasteiger partial charge in [0.25, 0.3) is 0 Å². The molecule has 0 unspecified atom stereocenters. The Morgan fingerprint density at radius 1 is 1.00 bits per heavy atom. The van der Waals surface area contributed by atoms with Gasteiger partial charge in [-0.2, -0.15) is 0 Å². The zero-order valence-corrected chi connectivity index (χ0v) is 16.8. The van der Waals surface area contributed by atoms with E-state index in [2.05, 4.69) is 28.5 Å². The molecule has 0 aliphatic carbocycles. The molecule has 1 fully saturated rings. The third kappa shape index (κ3) is 4.63. The minimum absolute atomic E-state index is 0.0457. The molecule has 2 aromatic carbocycles. The van der Waals surface area contributed by atoms with E-state index in [-0.39, 0.29) is 11.9 Å². The van der Waals surface area contributed by atoms with Gasteiger partial charge in [-0.15, -0.1) is 0 Å². The van der Waals surface area contributed by atoms with Crippen molar-refractivity contribution in [3.63, 3.8) is 0 Å². The molecular weight excluding hydrogens is 352 g/mol. The Hall–Kier alpha value is -3.02. The number of para-hydroxylation sites is 1. The van der Waals surface area contributed by atoms with E-state index >= 15 is 0 Å². The Labute approximate surface area is 166 Å². The summed E-state index contributed by atoms with van der Waals surface area (Å²) in [6, 6.07) is 13.9. The highest BCUT2D eigenvalue weighted by molar-refractivity contribution is 5.91. The topological polar surface area (TPSA) is 64.7 Å². The summed E-state index contributed by atoms with van der Waals surface area (Å²) in [5.41, 5.74) is 5.01. The molecule has 1 aliphatic heterocycles. The summed E-state index contributed by atoms with van der Waals surface area (Å²) in [6.07, 6.45) is 0.885. The highest BCUT2D eigenvalue weighted by Gasteiger charge is 2.22. The summed E-state index contributed by atoms with van der Waals surface area (Å²) in [5, 5.41) is 5.92. The van der Waals surface area contributed by atoms with Crippen molar-refractivity contribution in [2.24, 2.45) is 0 Å². The molecule has 2 N–H and O–H groups in total. The molecule has 0 aromatic heterocycles. The predicted octanol–water partition coefficient (Wildman–Crippen LogP) is 3.87. The fraction of sp³-hybridized carbons (Fsp3) is 0.364. The third-order valence-corrected chi connectivity index (χ3v) is 5.07. The zero-order valence-electron chi connectivity index (χ0n) is 16.8. The first-order valence-electron chi connectivity index (χ1n) is 9.75. The van der Waals surface area contributed by atoms with Crippen LogP contribution in [0.5, 0.6) is 0 Å². The first kappa shape index (κ1) is 19.7. The number of aryl methyl sites for hydroxylation is 2. The van der Waals surface area contributed by atoms with Gasteiger partial charge in [0.05, 0.1) is 0 Å². The normalized spacial score (nSPS) is 14.0. The SMILES string of the molecule is CCc1cccc(C)c1NC(=O)N1CCN(c2cccc(NC(C)=O)c2)CC1. The van der Waals surface area contributed by atoms with Crippen LogP contribution in [0.2, 0.25) is 0 Å². The molecule has 6 nitrogen and oxygen atoms in total. The van der Waals surface area contributed by atoms with Gasteiger partial charge in [0.15, 0.2) is 0 Å². The molecule has 0 radical (unpaired) electrons. The predicted molar refractivity (Wildman–Crippen MR) is 114 cm³/mol. The molecule has 0 spiro atoms. The summed E-state index contributed by atoms with van der Waals surface area (Å²) in [6.45, 7) is 8.44. The lowest BCUT2D eigenvalue weighted by atomic mass is 10.1. The number of amides is 3. The van der Waals surface area contributed by atoms with E-state index in [9.17, 15) is 9.59 Å². The largest absolute Gasteiger partial charge is 0.368 e. The number of benzene rings is 2. The second-order valence-electron chi connectivity index (χ2n) is 7.10. The maximum atomic E-state index is 12.8. The van der Waals surface area contributed by atoms with Crippen LogP contribution in [0.4, 0.5) is 21.9 Å². The van der Waals surface area contributed by atoms with E-state index in [0.717, 1.165) is 47.7 Å². The summed E-state index contributed by atoms with van der Waals surface area (Å²) in [5.74, 6) is -0.0821. The molecule has 3 rings (SSSR count). The number of rotatable bonds is 4. The van der Waals surface area contributed by atoms with Crippen LogP contribution in [0.25, 0.3) is 0 Å². The lowest BCUT2D eigenvalue weighted by Crippen LogP contribution is -2.50. The second kappa shape index (κ2) is 8.78. The second-order valence-corrected chi connectivity index (χ2v) is 7.10. The molecule has 148 valence electrons. The van der Waals surface area contributed by atoms with Crippen molar-refractivity contribution < 1.29 is 9.59 Å². The maximum absolute atomic E-state index is 12.8. The average molecular weight is 380 g/mol. The average Bonchev–Trinajstić information content (AvgIpc) is 2.69. The van der Waals surface area contributed by atoms with Crippen LogP contribution in [0.3, 0.4) is 0 Å². The number of carbonyl (C=O) groups excluding carboxylic acids is 2. The van der Waals surface area contributed by atoms with Crippen LogP contribution in [0.1, 0.15) is 25.0 Å². The summed E-state index contributed by atoms with van der Waals surface area (Å²) in [4.78, 5) is 28.1. The van der Waals surface area contributed by atoms with E-state index < -0.39 is 0 Å². The first-order valence-corrected chi connectivity index (χ1v) is 9.75. The van der Waals surface area contributed by atoms with Crippen molar-refractivity contribution in [2.75, 3.05) is 41.7 Å². The maximum Gasteiger partial charge on any atom is 0.321 e. The van der Waals surface area contributed by atoms with Gasteiger partial charge < -0.3 is 20.4 Å². The number of nitrogens with one attached hydrogen (secondary N) is 2. The van der Waals surface area contributed by atoms with Crippen molar-refractivity contribution in [3.8, 4) is 0 Å². The zero-order chi connectivity index (χ0) is 20.1. The third-order valence-electron chi connectivity index (χ3n) is 5.07. The number of carbonyl (C=O) groups is 2. The minimum atomic E-state index is -0.0821. The molecule has 0 atom stereocenters. The monoisotopic (exact) mass is 380 g/mol. The lowest BCUT2D eigenvalue weighted by Gasteiger charge is -2.36. The van der Waals surface area contributed by atoms with Crippen molar-refractivity contribution in [1.29, 1.82) is 0 Å². The highest BCUT2D eigenvalue weighted by atomic mass is 16.2. The van der Waals surface area contributed by atoms with E-state index in [1.165, 1.54) is 6.92 Å².